The SMILES string of the molecule is CN1CCCC1Cc1n[nH]c2c1CCNC2. The lowest BCUT2D eigenvalue weighted by molar-refractivity contribution is 0.307. The highest BCUT2D eigenvalue weighted by Crippen LogP contribution is 2.22. The Morgan fingerprint density at radius 3 is 3.25 bits per heavy atom. The van der Waals surface area contributed by atoms with Crippen molar-refractivity contribution < 1.29 is 0 Å². The van der Waals surface area contributed by atoms with Crippen LogP contribution in [-0.4, -0.2) is 41.3 Å². The van der Waals surface area contributed by atoms with E-state index in [2.05, 4.69) is 27.5 Å². The van der Waals surface area contributed by atoms with Crippen molar-refractivity contribution in [3.63, 3.8) is 0 Å². The molecule has 1 saturated heterocycles. The highest BCUT2D eigenvalue weighted by molar-refractivity contribution is 5.28. The maximum absolute atomic E-state index is 4.50. The van der Waals surface area contributed by atoms with Crippen LogP contribution < -0.4 is 5.32 Å². The average Bonchev–Trinajstić information content (AvgIpc) is 2.88. The van der Waals surface area contributed by atoms with Crippen LogP contribution in [0.2, 0.25) is 0 Å². The van der Waals surface area contributed by atoms with Crippen molar-refractivity contribution in [3.05, 3.63) is 17.0 Å². The van der Waals surface area contributed by atoms with Crippen LogP contribution in [0, 0.1) is 0 Å². The first-order chi connectivity index (χ1) is 7.84. The number of aromatic nitrogens is 2. The Kier molecular flexibility index (Phi) is 2.69. The van der Waals surface area contributed by atoms with Crippen LogP contribution in [0.25, 0.3) is 0 Å². The van der Waals surface area contributed by atoms with E-state index in [4.69, 9.17) is 0 Å². The molecule has 1 aromatic rings. The van der Waals surface area contributed by atoms with Crippen LogP contribution in [0.5, 0.6) is 0 Å². The van der Waals surface area contributed by atoms with E-state index in [0.717, 1.165) is 25.9 Å². The number of H-pyrrole nitrogens is 1. The lowest BCUT2D eigenvalue weighted by Crippen LogP contribution is -2.28. The third-order valence-electron chi connectivity index (χ3n) is 3.99. The van der Waals surface area contributed by atoms with E-state index in [-0.39, 0.29) is 0 Å². The van der Waals surface area contributed by atoms with E-state index in [1.807, 2.05) is 0 Å². The van der Waals surface area contributed by atoms with Crippen molar-refractivity contribution in [3.8, 4) is 0 Å². The predicted octanol–water partition coefficient (Wildman–Crippen LogP) is 0.692. The summed E-state index contributed by atoms with van der Waals surface area (Å²) in [6.45, 7) is 3.31. The molecular formula is C12H20N4. The van der Waals surface area contributed by atoms with Crippen molar-refractivity contribution in [1.29, 1.82) is 0 Å². The molecule has 16 heavy (non-hydrogen) atoms. The smallest absolute Gasteiger partial charge is 0.0673 e. The lowest BCUT2D eigenvalue weighted by atomic mass is 10.0. The monoisotopic (exact) mass is 220 g/mol. The number of aromatic amines is 1. The van der Waals surface area contributed by atoms with Crippen LogP contribution >= 0.6 is 0 Å². The Hall–Kier alpha value is -0.870. The molecule has 88 valence electrons. The van der Waals surface area contributed by atoms with E-state index in [1.54, 1.807) is 0 Å². The lowest BCUT2D eigenvalue weighted by Gasteiger charge is -2.19. The van der Waals surface area contributed by atoms with Crippen LogP contribution in [-0.2, 0) is 19.4 Å². The van der Waals surface area contributed by atoms with Gasteiger partial charge in [-0.2, -0.15) is 5.10 Å². The standard InChI is InChI=1S/C12H20N4/c1-16-6-2-3-9(16)7-11-10-4-5-13-8-12(10)15-14-11/h9,13H,2-8H2,1H3,(H,14,15). The van der Waals surface area contributed by atoms with Gasteiger partial charge in [-0.05, 0) is 45.0 Å². The fraction of sp³-hybridized carbons (Fsp3) is 0.750. The summed E-state index contributed by atoms with van der Waals surface area (Å²) >= 11 is 0. The van der Waals surface area contributed by atoms with E-state index < -0.39 is 0 Å². The molecule has 0 radical (unpaired) electrons. The Morgan fingerprint density at radius 1 is 1.50 bits per heavy atom. The molecule has 3 rings (SSSR count). The molecule has 2 aliphatic rings. The van der Waals surface area contributed by atoms with Gasteiger partial charge in [-0.25, -0.2) is 0 Å². The zero-order chi connectivity index (χ0) is 11.0. The highest BCUT2D eigenvalue weighted by Gasteiger charge is 2.24. The first-order valence-corrected chi connectivity index (χ1v) is 6.30. The summed E-state index contributed by atoms with van der Waals surface area (Å²) in [6.07, 6.45) is 4.94. The third kappa shape index (κ3) is 1.76. The van der Waals surface area contributed by atoms with Crippen molar-refractivity contribution in [1.82, 2.24) is 20.4 Å². The van der Waals surface area contributed by atoms with Gasteiger partial charge in [-0.1, -0.05) is 0 Å². The van der Waals surface area contributed by atoms with E-state index in [0.29, 0.717) is 6.04 Å². The van der Waals surface area contributed by atoms with Gasteiger partial charge in [0.15, 0.2) is 0 Å². The number of hydrogen-bond donors (Lipinski definition) is 2. The van der Waals surface area contributed by atoms with Crippen molar-refractivity contribution in [2.75, 3.05) is 20.1 Å². The van der Waals surface area contributed by atoms with Crippen LogP contribution in [0.15, 0.2) is 0 Å². The number of hydrogen-bond acceptors (Lipinski definition) is 3. The van der Waals surface area contributed by atoms with Gasteiger partial charge in [-0.3, -0.25) is 5.10 Å². The zero-order valence-corrected chi connectivity index (χ0v) is 9.92. The number of fused-ring (bicyclic) bond motifs is 1. The molecule has 0 spiro atoms. The van der Waals surface area contributed by atoms with Gasteiger partial charge in [0.05, 0.1) is 11.4 Å². The average molecular weight is 220 g/mol. The molecular weight excluding hydrogens is 200 g/mol. The summed E-state index contributed by atoms with van der Waals surface area (Å²) in [6, 6.07) is 0.710. The second-order valence-corrected chi connectivity index (χ2v) is 5.03. The first kappa shape index (κ1) is 10.3. The molecule has 0 amide bonds. The number of nitrogens with zero attached hydrogens (tertiary/aromatic N) is 2. The molecule has 1 atom stereocenters. The summed E-state index contributed by atoms with van der Waals surface area (Å²) in [5.74, 6) is 0. The van der Waals surface area contributed by atoms with Crippen molar-refractivity contribution in [2.45, 2.75) is 38.3 Å². The van der Waals surface area contributed by atoms with Crippen LogP contribution in [0.1, 0.15) is 29.8 Å². The number of likely N-dealkylation sites (N-methyl/N-ethyl adjacent to an activating group) is 1. The first-order valence-electron chi connectivity index (χ1n) is 6.30. The molecule has 3 heterocycles. The van der Waals surface area contributed by atoms with E-state index in [9.17, 15) is 0 Å². The molecule has 4 nitrogen and oxygen atoms in total. The highest BCUT2D eigenvalue weighted by atomic mass is 15.2. The maximum Gasteiger partial charge on any atom is 0.0673 e. The molecule has 1 unspecified atom stereocenters. The largest absolute Gasteiger partial charge is 0.311 e. The van der Waals surface area contributed by atoms with Gasteiger partial charge < -0.3 is 10.2 Å². The molecule has 0 bridgehead atoms. The molecule has 4 heteroatoms. The minimum absolute atomic E-state index is 0.710. The molecule has 1 aromatic heterocycles. The second-order valence-electron chi connectivity index (χ2n) is 5.03. The number of likely N-dealkylation sites (tertiary alicyclic amines) is 1. The predicted molar refractivity (Wildman–Crippen MR) is 63.4 cm³/mol. The van der Waals surface area contributed by atoms with E-state index >= 15 is 0 Å². The zero-order valence-electron chi connectivity index (χ0n) is 9.92. The third-order valence-corrected chi connectivity index (χ3v) is 3.99. The van der Waals surface area contributed by atoms with Crippen molar-refractivity contribution >= 4 is 0 Å². The van der Waals surface area contributed by atoms with Gasteiger partial charge >= 0.3 is 0 Å². The Morgan fingerprint density at radius 2 is 2.44 bits per heavy atom. The van der Waals surface area contributed by atoms with Crippen molar-refractivity contribution in [2.24, 2.45) is 0 Å². The molecule has 2 aliphatic heterocycles. The summed E-state index contributed by atoms with van der Waals surface area (Å²) in [5, 5.41) is 11.1. The Labute approximate surface area is 96.4 Å². The molecule has 0 aromatic carbocycles. The molecule has 0 aliphatic carbocycles. The Balaban J connectivity index is 1.76. The topological polar surface area (TPSA) is 44.0 Å². The fourth-order valence-electron chi connectivity index (χ4n) is 2.94. The van der Waals surface area contributed by atoms with Crippen LogP contribution in [0.3, 0.4) is 0 Å². The van der Waals surface area contributed by atoms with Gasteiger partial charge in [0, 0.05) is 19.0 Å². The van der Waals surface area contributed by atoms with Gasteiger partial charge in [0.2, 0.25) is 0 Å². The minimum atomic E-state index is 0.710. The normalized spacial score (nSPS) is 25.9. The summed E-state index contributed by atoms with van der Waals surface area (Å²) < 4.78 is 0. The number of rotatable bonds is 2. The fourth-order valence-corrected chi connectivity index (χ4v) is 2.94. The molecule has 2 N–H and O–H groups in total. The van der Waals surface area contributed by atoms with Gasteiger partial charge in [-0.15, -0.1) is 0 Å². The minimum Gasteiger partial charge on any atom is -0.311 e. The molecule has 1 fully saturated rings. The van der Waals surface area contributed by atoms with Gasteiger partial charge in [0.25, 0.3) is 0 Å². The number of nitrogens with one attached hydrogen (secondary N) is 2. The maximum atomic E-state index is 4.50. The summed E-state index contributed by atoms with van der Waals surface area (Å²) in [4.78, 5) is 2.47. The molecule has 0 saturated carbocycles. The van der Waals surface area contributed by atoms with E-state index in [1.165, 1.54) is 36.3 Å². The van der Waals surface area contributed by atoms with Gasteiger partial charge in [0.1, 0.15) is 0 Å². The van der Waals surface area contributed by atoms with Crippen LogP contribution in [0.4, 0.5) is 0 Å². The Bertz CT molecular complexity index is 371. The quantitative estimate of drug-likeness (QED) is 0.771. The summed E-state index contributed by atoms with van der Waals surface area (Å²) in [7, 11) is 2.23. The summed E-state index contributed by atoms with van der Waals surface area (Å²) in [5.41, 5.74) is 4.11. The second kappa shape index (κ2) is 4.18.